The molecular weight excluding hydrogens is 442 g/mol. The molecule has 4 rings (SSSR count). The Morgan fingerprint density at radius 2 is 1.79 bits per heavy atom. The van der Waals surface area contributed by atoms with E-state index in [0.717, 1.165) is 10.0 Å². The van der Waals surface area contributed by atoms with Gasteiger partial charge in [-0.2, -0.15) is 0 Å². The third kappa shape index (κ3) is 3.37. The van der Waals surface area contributed by atoms with Crippen molar-refractivity contribution in [1.29, 1.82) is 0 Å². The van der Waals surface area contributed by atoms with Gasteiger partial charge in [0.2, 0.25) is 0 Å². The largest absolute Gasteiger partial charge is 0.460 e. The topological polar surface area (TPSA) is 76.4 Å². The van der Waals surface area contributed by atoms with E-state index in [1.54, 1.807) is 24.3 Å². The number of fused-ring (bicyclic) bond motifs is 3. The zero-order valence-electron chi connectivity index (χ0n) is 15.8. The maximum atomic E-state index is 12.8. The molecule has 0 bridgehead atoms. The highest BCUT2D eigenvalue weighted by Gasteiger charge is 2.35. The Morgan fingerprint density at radius 3 is 2.46 bits per heavy atom. The summed E-state index contributed by atoms with van der Waals surface area (Å²) in [4.78, 5) is 12.9. The average Bonchev–Trinajstić information content (AvgIpc) is 2.91. The Balaban J connectivity index is 1.79. The molecular formula is C21H20BrNO4S. The quantitative estimate of drug-likeness (QED) is 0.561. The van der Waals surface area contributed by atoms with E-state index in [2.05, 4.69) is 20.7 Å². The van der Waals surface area contributed by atoms with Gasteiger partial charge in [-0.25, -0.2) is 8.42 Å². The molecule has 28 heavy (non-hydrogen) atoms. The molecule has 3 aromatic rings. The molecule has 7 heteroatoms. The number of halogens is 1. The van der Waals surface area contributed by atoms with Gasteiger partial charge in [-0.15, -0.1) is 0 Å². The number of benzene rings is 2. The van der Waals surface area contributed by atoms with Gasteiger partial charge in [0.15, 0.2) is 5.78 Å². The van der Waals surface area contributed by atoms with Crippen LogP contribution in [-0.2, 0) is 16.4 Å². The van der Waals surface area contributed by atoms with E-state index in [1.165, 1.54) is 12.1 Å². The summed E-state index contributed by atoms with van der Waals surface area (Å²) in [6.07, 6.45) is 1.13. The first-order valence-corrected chi connectivity index (χ1v) is 11.2. The van der Waals surface area contributed by atoms with Crippen LogP contribution in [0.2, 0.25) is 0 Å². The zero-order valence-corrected chi connectivity index (χ0v) is 18.2. The molecule has 0 radical (unpaired) electrons. The zero-order chi connectivity index (χ0) is 20.3. The number of furan rings is 1. The lowest BCUT2D eigenvalue weighted by molar-refractivity contribution is 0.0906. The third-order valence-corrected chi connectivity index (χ3v) is 6.94. The summed E-state index contributed by atoms with van der Waals surface area (Å²) in [6, 6.07) is 9.92. The minimum Gasteiger partial charge on any atom is -0.460 e. The summed E-state index contributed by atoms with van der Waals surface area (Å²) in [5.74, 6) is 0.721. The monoisotopic (exact) mass is 461 g/mol. The second kappa shape index (κ2) is 6.46. The van der Waals surface area contributed by atoms with E-state index < -0.39 is 10.0 Å². The SMILES string of the molecule is Cc1cc2oc3c(c2cc1NS(=O)(=O)c1ccc(Br)cc1)C(=O)CC(C)(C)C3. The van der Waals surface area contributed by atoms with Crippen molar-refractivity contribution in [3.8, 4) is 0 Å². The number of carbonyl (C=O) groups is 1. The van der Waals surface area contributed by atoms with Gasteiger partial charge in [-0.3, -0.25) is 9.52 Å². The van der Waals surface area contributed by atoms with Crippen LogP contribution >= 0.6 is 15.9 Å². The fraction of sp³-hybridized carbons (Fsp3) is 0.286. The first-order valence-electron chi connectivity index (χ1n) is 8.93. The maximum Gasteiger partial charge on any atom is 0.261 e. The molecule has 0 fully saturated rings. The van der Waals surface area contributed by atoms with E-state index in [1.807, 2.05) is 20.8 Å². The Hall–Kier alpha value is -2.12. The van der Waals surface area contributed by atoms with Crippen LogP contribution in [0.5, 0.6) is 0 Å². The molecule has 1 aliphatic carbocycles. The van der Waals surface area contributed by atoms with Gasteiger partial charge >= 0.3 is 0 Å². The van der Waals surface area contributed by atoms with Gasteiger partial charge in [0.05, 0.1) is 16.1 Å². The van der Waals surface area contributed by atoms with Crippen molar-refractivity contribution in [3.05, 3.63) is 57.8 Å². The number of rotatable bonds is 3. The third-order valence-electron chi connectivity index (χ3n) is 5.03. The fourth-order valence-electron chi connectivity index (χ4n) is 3.67. The number of nitrogens with one attached hydrogen (secondary N) is 1. The molecule has 5 nitrogen and oxygen atoms in total. The molecule has 146 valence electrons. The van der Waals surface area contributed by atoms with Crippen LogP contribution in [0.15, 0.2) is 50.2 Å². The van der Waals surface area contributed by atoms with Gasteiger partial charge in [-0.05, 0) is 54.3 Å². The number of carbonyl (C=O) groups excluding carboxylic acids is 1. The number of hydrogen-bond donors (Lipinski definition) is 1. The molecule has 0 amide bonds. The summed E-state index contributed by atoms with van der Waals surface area (Å²) >= 11 is 3.30. The Labute approximate surface area is 172 Å². The second-order valence-electron chi connectivity index (χ2n) is 8.06. The van der Waals surface area contributed by atoms with Gasteiger partial charge in [-0.1, -0.05) is 29.8 Å². The molecule has 0 saturated carbocycles. The molecule has 0 atom stereocenters. The molecule has 0 unspecified atom stereocenters. The number of Topliss-reactive ketones (excluding diaryl/α,β-unsaturated/α-hetero) is 1. The van der Waals surface area contributed by atoms with Crippen LogP contribution in [-0.4, -0.2) is 14.2 Å². The number of ketones is 1. The first-order chi connectivity index (χ1) is 13.1. The molecule has 0 saturated heterocycles. The molecule has 1 heterocycles. The lowest BCUT2D eigenvalue weighted by Gasteiger charge is -2.27. The first kappa shape index (κ1) is 19.2. The number of anilines is 1. The van der Waals surface area contributed by atoms with Crippen molar-refractivity contribution < 1.29 is 17.6 Å². The Bertz CT molecular complexity index is 1210. The van der Waals surface area contributed by atoms with Crippen LogP contribution in [0.25, 0.3) is 11.0 Å². The second-order valence-corrected chi connectivity index (χ2v) is 10.7. The molecule has 1 aromatic heterocycles. The van der Waals surface area contributed by atoms with Crippen LogP contribution in [0.4, 0.5) is 5.69 Å². The summed E-state index contributed by atoms with van der Waals surface area (Å²) in [5, 5.41) is 0.662. The summed E-state index contributed by atoms with van der Waals surface area (Å²) in [7, 11) is -3.74. The average molecular weight is 462 g/mol. The molecule has 0 aliphatic heterocycles. The summed E-state index contributed by atoms with van der Waals surface area (Å²) < 4.78 is 34.9. The predicted molar refractivity (Wildman–Crippen MR) is 112 cm³/mol. The minimum atomic E-state index is -3.74. The van der Waals surface area contributed by atoms with Gasteiger partial charge < -0.3 is 4.42 Å². The van der Waals surface area contributed by atoms with E-state index in [-0.39, 0.29) is 16.1 Å². The number of sulfonamides is 1. The molecule has 1 aliphatic rings. The lowest BCUT2D eigenvalue weighted by atomic mass is 9.76. The van der Waals surface area contributed by atoms with Crippen molar-refractivity contribution >= 4 is 48.4 Å². The predicted octanol–water partition coefficient (Wildman–Crippen LogP) is 5.46. The number of aryl methyl sites for hydroxylation is 1. The van der Waals surface area contributed by atoms with Gasteiger partial charge in [0.1, 0.15) is 11.3 Å². The number of hydrogen-bond acceptors (Lipinski definition) is 4. The highest BCUT2D eigenvalue weighted by atomic mass is 79.9. The fourth-order valence-corrected chi connectivity index (χ4v) is 5.06. The molecule has 0 spiro atoms. The van der Waals surface area contributed by atoms with Crippen LogP contribution in [0.3, 0.4) is 0 Å². The summed E-state index contributed by atoms with van der Waals surface area (Å²) in [5.41, 5.74) is 2.22. The van der Waals surface area contributed by atoms with Crippen molar-refractivity contribution in [2.45, 2.75) is 38.5 Å². The van der Waals surface area contributed by atoms with E-state index in [9.17, 15) is 13.2 Å². The van der Waals surface area contributed by atoms with Crippen molar-refractivity contribution in [2.75, 3.05) is 4.72 Å². The van der Waals surface area contributed by atoms with Crippen molar-refractivity contribution in [3.63, 3.8) is 0 Å². The standard InChI is InChI=1S/C21H20BrNO4S/c1-12-8-18-15(20-17(24)10-21(2,3)11-19(20)27-18)9-16(12)23-28(25,26)14-6-4-13(22)5-7-14/h4-9,23H,10-11H2,1-3H3. The highest BCUT2D eigenvalue weighted by Crippen LogP contribution is 2.41. The van der Waals surface area contributed by atoms with Crippen molar-refractivity contribution in [2.24, 2.45) is 5.41 Å². The molecule has 1 N–H and O–H groups in total. The van der Waals surface area contributed by atoms with Gasteiger partial charge in [0.25, 0.3) is 10.0 Å². The van der Waals surface area contributed by atoms with E-state index >= 15 is 0 Å². The summed E-state index contributed by atoms with van der Waals surface area (Å²) in [6.45, 7) is 5.90. The smallest absolute Gasteiger partial charge is 0.261 e. The van der Waals surface area contributed by atoms with Crippen LogP contribution in [0, 0.1) is 12.3 Å². The van der Waals surface area contributed by atoms with Crippen LogP contribution < -0.4 is 4.72 Å². The maximum absolute atomic E-state index is 12.8. The van der Waals surface area contributed by atoms with Crippen LogP contribution in [0.1, 0.15) is 41.9 Å². The Kier molecular flexibility index (Phi) is 4.43. The lowest BCUT2D eigenvalue weighted by Crippen LogP contribution is -2.25. The van der Waals surface area contributed by atoms with E-state index in [4.69, 9.17) is 4.42 Å². The minimum absolute atomic E-state index is 0.0376. The van der Waals surface area contributed by atoms with E-state index in [0.29, 0.717) is 40.8 Å². The molecule has 2 aromatic carbocycles. The highest BCUT2D eigenvalue weighted by molar-refractivity contribution is 9.10. The normalized spacial score (nSPS) is 16.2. The van der Waals surface area contributed by atoms with Gasteiger partial charge in [0, 0.05) is 22.7 Å². The van der Waals surface area contributed by atoms with Crippen molar-refractivity contribution in [1.82, 2.24) is 0 Å². The Morgan fingerprint density at radius 1 is 1.11 bits per heavy atom.